The summed E-state index contributed by atoms with van der Waals surface area (Å²) in [5.41, 5.74) is 3.74. The molecule has 0 saturated heterocycles. The Hall–Kier alpha value is -2.03. The molecule has 0 aliphatic carbocycles. The number of hydrogen-bond donors (Lipinski definition) is 3. The SMILES string of the molecule is CN=C(NCCNC(=O)c1ccco1)NCc1ccc(C)cc1C.I. The van der Waals surface area contributed by atoms with Crippen LogP contribution >= 0.6 is 24.0 Å². The first-order valence-electron chi connectivity index (χ1n) is 7.92. The van der Waals surface area contributed by atoms with E-state index in [9.17, 15) is 4.79 Å². The number of aliphatic imine (C=N–C) groups is 1. The topological polar surface area (TPSA) is 78.7 Å². The average Bonchev–Trinajstić information content (AvgIpc) is 3.10. The highest BCUT2D eigenvalue weighted by atomic mass is 127. The fourth-order valence-corrected chi connectivity index (χ4v) is 2.30. The normalized spacial score (nSPS) is 10.8. The molecule has 0 aliphatic heterocycles. The van der Waals surface area contributed by atoms with E-state index in [2.05, 4.69) is 53.0 Å². The lowest BCUT2D eigenvalue weighted by atomic mass is 10.1. The van der Waals surface area contributed by atoms with E-state index < -0.39 is 0 Å². The molecule has 0 fully saturated rings. The van der Waals surface area contributed by atoms with E-state index in [0.717, 1.165) is 0 Å². The molecule has 0 atom stereocenters. The number of amides is 1. The van der Waals surface area contributed by atoms with Gasteiger partial charge in [-0.3, -0.25) is 9.79 Å². The van der Waals surface area contributed by atoms with Crippen molar-refractivity contribution in [3.63, 3.8) is 0 Å². The van der Waals surface area contributed by atoms with Crippen molar-refractivity contribution in [3.8, 4) is 0 Å². The molecule has 2 aromatic rings. The molecule has 1 amide bonds. The van der Waals surface area contributed by atoms with Crippen LogP contribution in [0.5, 0.6) is 0 Å². The Bertz CT molecular complexity index is 699. The molecule has 0 bridgehead atoms. The highest BCUT2D eigenvalue weighted by molar-refractivity contribution is 14.0. The maximum atomic E-state index is 11.7. The first-order valence-corrected chi connectivity index (χ1v) is 7.92. The minimum absolute atomic E-state index is 0. The van der Waals surface area contributed by atoms with Gasteiger partial charge in [-0.1, -0.05) is 23.8 Å². The van der Waals surface area contributed by atoms with Crippen molar-refractivity contribution < 1.29 is 9.21 Å². The van der Waals surface area contributed by atoms with Gasteiger partial charge in [0.2, 0.25) is 0 Å². The van der Waals surface area contributed by atoms with Crippen LogP contribution in [0.4, 0.5) is 0 Å². The number of hydrogen-bond acceptors (Lipinski definition) is 3. The third kappa shape index (κ3) is 6.77. The lowest BCUT2D eigenvalue weighted by molar-refractivity contribution is 0.0926. The van der Waals surface area contributed by atoms with Gasteiger partial charge in [-0.25, -0.2) is 0 Å². The molecule has 6 nitrogen and oxygen atoms in total. The second-order valence-electron chi connectivity index (χ2n) is 5.52. The number of nitrogens with one attached hydrogen (secondary N) is 3. The number of furan rings is 1. The molecule has 1 aromatic carbocycles. The Labute approximate surface area is 165 Å². The zero-order valence-electron chi connectivity index (χ0n) is 14.8. The van der Waals surface area contributed by atoms with Gasteiger partial charge in [0.15, 0.2) is 11.7 Å². The van der Waals surface area contributed by atoms with E-state index in [4.69, 9.17) is 4.42 Å². The summed E-state index contributed by atoms with van der Waals surface area (Å²) in [6.07, 6.45) is 1.48. The van der Waals surface area contributed by atoms with E-state index in [1.165, 1.54) is 23.0 Å². The molecule has 3 N–H and O–H groups in total. The summed E-state index contributed by atoms with van der Waals surface area (Å²) >= 11 is 0. The minimum atomic E-state index is -0.222. The highest BCUT2D eigenvalue weighted by Gasteiger charge is 2.07. The van der Waals surface area contributed by atoms with Crippen LogP contribution in [-0.4, -0.2) is 32.0 Å². The van der Waals surface area contributed by atoms with E-state index in [-0.39, 0.29) is 29.9 Å². The fourth-order valence-electron chi connectivity index (χ4n) is 2.30. The van der Waals surface area contributed by atoms with Crippen LogP contribution in [0.2, 0.25) is 0 Å². The van der Waals surface area contributed by atoms with E-state index >= 15 is 0 Å². The fraction of sp³-hybridized carbons (Fsp3) is 0.333. The molecular formula is C18H25IN4O2. The molecule has 0 aliphatic rings. The highest BCUT2D eigenvalue weighted by Crippen LogP contribution is 2.09. The monoisotopic (exact) mass is 456 g/mol. The molecule has 1 heterocycles. The maximum absolute atomic E-state index is 11.7. The van der Waals surface area contributed by atoms with Crippen LogP contribution in [0.1, 0.15) is 27.2 Å². The molecule has 2 rings (SSSR count). The largest absolute Gasteiger partial charge is 0.459 e. The minimum Gasteiger partial charge on any atom is -0.459 e. The summed E-state index contributed by atoms with van der Waals surface area (Å²) in [5.74, 6) is 0.787. The van der Waals surface area contributed by atoms with Gasteiger partial charge >= 0.3 is 0 Å². The summed E-state index contributed by atoms with van der Waals surface area (Å²) < 4.78 is 5.03. The van der Waals surface area contributed by atoms with Gasteiger partial charge in [0, 0.05) is 26.7 Å². The molecule has 7 heteroatoms. The predicted molar refractivity (Wildman–Crippen MR) is 111 cm³/mol. The van der Waals surface area contributed by atoms with Crippen molar-refractivity contribution >= 4 is 35.8 Å². The molecule has 0 unspecified atom stereocenters. The first kappa shape index (κ1) is 21.0. The van der Waals surface area contributed by atoms with E-state index in [1.807, 2.05) is 0 Å². The zero-order valence-corrected chi connectivity index (χ0v) is 17.1. The number of benzene rings is 1. The third-order valence-corrected chi connectivity index (χ3v) is 3.62. The van der Waals surface area contributed by atoms with E-state index in [0.29, 0.717) is 31.4 Å². The standard InChI is InChI=1S/C18H24N4O2.HI/c1-13-6-7-15(14(2)11-13)12-22-18(19-3)21-9-8-20-17(23)16-5-4-10-24-16;/h4-7,10-11H,8-9,12H2,1-3H3,(H,20,23)(H2,19,21,22);1H. The Morgan fingerprint density at radius 3 is 2.52 bits per heavy atom. The predicted octanol–water partition coefficient (Wildman–Crippen LogP) is 2.61. The number of carbonyl (C=O) groups excluding carboxylic acids is 1. The summed E-state index contributed by atoms with van der Waals surface area (Å²) in [4.78, 5) is 15.9. The first-order chi connectivity index (χ1) is 11.6. The second kappa shape index (κ2) is 10.8. The third-order valence-electron chi connectivity index (χ3n) is 3.62. The van der Waals surface area contributed by atoms with Gasteiger partial charge in [0.1, 0.15) is 0 Å². The molecular weight excluding hydrogens is 431 g/mol. The number of halogens is 1. The second-order valence-corrected chi connectivity index (χ2v) is 5.52. The average molecular weight is 456 g/mol. The molecule has 25 heavy (non-hydrogen) atoms. The smallest absolute Gasteiger partial charge is 0.287 e. The van der Waals surface area contributed by atoms with Crippen molar-refractivity contribution in [2.45, 2.75) is 20.4 Å². The molecule has 0 saturated carbocycles. The Morgan fingerprint density at radius 2 is 1.88 bits per heavy atom. The van der Waals surface area contributed by atoms with Gasteiger partial charge in [0.25, 0.3) is 5.91 Å². The number of guanidine groups is 1. The Kier molecular flexibility index (Phi) is 9.04. The number of nitrogens with zero attached hydrogens (tertiary/aromatic N) is 1. The summed E-state index contributed by atoms with van der Waals surface area (Å²) in [6, 6.07) is 9.70. The van der Waals surface area contributed by atoms with Gasteiger partial charge in [-0.05, 0) is 37.1 Å². The molecule has 0 radical (unpaired) electrons. The van der Waals surface area contributed by atoms with Crippen LogP contribution in [0.3, 0.4) is 0 Å². The van der Waals surface area contributed by atoms with Crippen LogP contribution in [-0.2, 0) is 6.54 Å². The maximum Gasteiger partial charge on any atom is 0.287 e. The van der Waals surface area contributed by atoms with Crippen molar-refractivity contribution in [2.75, 3.05) is 20.1 Å². The summed E-state index contributed by atoms with van der Waals surface area (Å²) in [6.45, 7) is 5.93. The van der Waals surface area contributed by atoms with Crippen molar-refractivity contribution in [1.82, 2.24) is 16.0 Å². The van der Waals surface area contributed by atoms with Crippen LogP contribution in [0.15, 0.2) is 46.0 Å². The van der Waals surface area contributed by atoms with Gasteiger partial charge in [0.05, 0.1) is 6.26 Å². The van der Waals surface area contributed by atoms with Gasteiger partial charge < -0.3 is 20.4 Å². The summed E-state index contributed by atoms with van der Waals surface area (Å²) in [7, 11) is 1.72. The van der Waals surface area contributed by atoms with Crippen molar-refractivity contribution in [1.29, 1.82) is 0 Å². The molecule has 0 spiro atoms. The number of rotatable bonds is 6. The lowest BCUT2D eigenvalue weighted by Gasteiger charge is -2.13. The van der Waals surface area contributed by atoms with Crippen LogP contribution in [0.25, 0.3) is 0 Å². The van der Waals surface area contributed by atoms with Crippen molar-refractivity contribution in [2.24, 2.45) is 4.99 Å². The quantitative estimate of drug-likeness (QED) is 0.270. The van der Waals surface area contributed by atoms with Crippen molar-refractivity contribution in [3.05, 3.63) is 59.0 Å². The van der Waals surface area contributed by atoms with Crippen LogP contribution < -0.4 is 16.0 Å². The van der Waals surface area contributed by atoms with Crippen LogP contribution in [0, 0.1) is 13.8 Å². The van der Waals surface area contributed by atoms with Gasteiger partial charge in [-0.2, -0.15) is 0 Å². The molecule has 136 valence electrons. The van der Waals surface area contributed by atoms with Gasteiger partial charge in [-0.15, -0.1) is 24.0 Å². The Balaban J connectivity index is 0.00000312. The zero-order chi connectivity index (χ0) is 17.4. The number of carbonyl (C=O) groups is 1. The summed E-state index contributed by atoms with van der Waals surface area (Å²) in [5, 5.41) is 9.21. The van der Waals surface area contributed by atoms with E-state index in [1.54, 1.807) is 19.2 Å². The molecule has 1 aromatic heterocycles. The lowest BCUT2D eigenvalue weighted by Crippen LogP contribution is -2.41. The Morgan fingerprint density at radius 1 is 1.12 bits per heavy atom. The number of aryl methyl sites for hydroxylation is 2.